The molecule has 0 bridgehead atoms. The van der Waals surface area contributed by atoms with E-state index in [1.807, 2.05) is 37.3 Å². The Balaban J connectivity index is 1.59. The maximum absolute atomic E-state index is 14.2. The molecule has 1 aromatic heterocycles. The maximum Gasteiger partial charge on any atom is 0.338 e. The molecule has 1 aliphatic heterocycles. The number of carbonyl (C=O) groups is 1. The Morgan fingerprint density at radius 1 is 1.09 bits per heavy atom. The molecule has 0 unspecified atom stereocenters. The molecule has 0 fully saturated rings. The third-order valence-corrected chi connectivity index (χ3v) is 8.97. The van der Waals surface area contributed by atoms with Gasteiger partial charge in [0.1, 0.15) is 12.4 Å². The van der Waals surface area contributed by atoms with Crippen molar-refractivity contribution in [1.82, 2.24) is 4.57 Å². The van der Waals surface area contributed by atoms with E-state index in [2.05, 4.69) is 34.8 Å². The van der Waals surface area contributed by atoms with Gasteiger partial charge in [-0.25, -0.2) is 14.2 Å². The fourth-order valence-corrected chi connectivity index (χ4v) is 6.78. The third kappa shape index (κ3) is 6.82. The SMILES string of the molecule is CCOC(=O)C1=C(C)N=c2sc(=Cc3cc(Br)c(OCc4ccccc4F)c(OCC)c3)c(=O)n2[C@H]1c1ccc(C(C)C)cc1. The van der Waals surface area contributed by atoms with E-state index in [4.69, 9.17) is 14.2 Å². The van der Waals surface area contributed by atoms with Crippen molar-refractivity contribution in [1.29, 1.82) is 0 Å². The predicted octanol–water partition coefficient (Wildman–Crippen LogP) is 6.80. The van der Waals surface area contributed by atoms with Crippen LogP contribution in [0.5, 0.6) is 11.5 Å². The molecule has 0 aliphatic carbocycles. The summed E-state index contributed by atoms with van der Waals surface area (Å²) in [6.07, 6.45) is 1.76. The van der Waals surface area contributed by atoms with Crippen molar-refractivity contribution in [2.24, 2.45) is 4.99 Å². The number of aromatic nitrogens is 1. The van der Waals surface area contributed by atoms with Crippen LogP contribution < -0.4 is 24.4 Å². The van der Waals surface area contributed by atoms with Crippen molar-refractivity contribution in [2.75, 3.05) is 13.2 Å². The molecule has 0 N–H and O–H groups in total. The van der Waals surface area contributed by atoms with Gasteiger partial charge in [0.2, 0.25) is 0 Å². The van der Waals surface area contributed by atoms with E-state index < -0.39 is 12.0 Å². The number of allylic oxidation sites excluding steroid dienone is 1. The van der Waals surface area contributed by atoms with Gasteiger partial charge in [0.25, 0.3) is 5.56 Å². The lowest BCUT2D eigenvalue weighted by atomic mass is 9.93. The molecular weight excluding hydrogens is 659 g/mol. The highest BCUT2D eigenvalue weighted by atomic mass is 79.9. The molecule has 0 saturated heterocycles. The summed E-state index contributed by atoms with van der Waals surface area (Å²) in [5.41, 5.74) is 3.63. The van der Waals surface area contributed by atoms with Crippen molar-refractivity contribution in [3.8, 4) is 11.5 Å². The first-order valence-corrected chi connectivity index (χ1v) is 16.4. The van der Waals surface area contributed by atoms with Crippen LogP contribution >= 0.6 is 27.3 Å². The second-order valence-electron chi connectivity index (χ2n) is 10.8. The van der Waals surface area contributed by atoms with E-state index in [1.165, 1.54) is 17.4 Å². The fraction of sp³-hybridized carbons (Fsp3) is 0.286. The highest BCUT2D eigenvalue weighted by molar-refractivity contribution is 9.10. The van der Waals surface area contributed by atoms with Crippen molar-refractivity contribution >= 4 is 39.3 Å². The molecule has 7 nitrogen and oxygen atoms in total. The summed E-state index contributed by atoms with van der Waals surface area (Å²) >= 11 is 4.82. The maximum atomic E-state index is 14.2. The van der Waals surface area contributed by atoms with Crippen LogP contribution in [0.25, 0.3) is 6.08 Å². The predicted molar refractivity (Wildman–Crippen MR) is 177 cm³/mol. The number of hydrogen-bond acceptors (Lipinski definition) is 7. The molecule has 0 radical (unpaired) electrons. The molecule has 0 spiro atoms. The number of nitrogens with zero attached hydrogens (tertiary/aromatic N) is 2. The topological polar surface area (TPSA) is 79.1 Å². The van der Waals surface area contributed by atoms with E-state index in [1.54, 1.807) is 48.8 Å². The van der Waals surface area contributed by atoms with Gasteiger partial charge in [-0.15, -0.1) is 0 Å². The summed E-state index contributed by atoms with van der Waals surface area (Å²) in [5, 5.41) is 0. The van der Waals surface area contributed by atoms with E-state index >= 15 is 0 Å². The lowest BCUT2D eigenvalue weighted by Gasteiger charge is -2.25. The average Bonchev–Trinajstić information content (AvgIpc) is 3.30. The van der Waals surface area contributed by atoms with Crippen LogP contribution in [-0.4, -0.2) is 23.8 Å². The number of ether oxygens (including phenoxy) is 3. The number of carbonyl (C=O) groups excluding carboxylic acids is 1. The first-order chi connectivity index (χ1) is 21.6. The van der Waals surface area contributed by atoms with E-state index in [0.717, 1.165) is 11.1 Å². The van der Waals surface area contributed by atoms with Gasteiger partial charge in [0.15, 0.2) is 16.3 Å². The Morgan fingerprint density at radius 2 is 1.82 bits per heavy atom. The standard InChI is InChI=1S/C35H34BrFN2O5S/c1-6-42-28-17-22(16-26(36)32(28)44-19-25-10-8-9-11-27(25)37)18-29-33(40)39-31(24-14-12-23(13-15-24)20(3)4)30(34(41)43-7-2)21(5)38-35(39)45-29/h8-18,20,31H,6-7,19H2,1-5H3/t31-/m0/s1. The Morgan fingerprint density at radius 3 is 2.49 bits per heavy atom. The van der Waals surface area contributed by atoms with Crippen LogP contribution in [0.1, 0.15) is 68.8 Å². The van der Waals surface area contributed by atoms with Crippen LogP contribution in [0.15, 0.2) is 86.2 Å². The monoisotopic (exact) mass is 692 g/mol. The second-order valence-corrected chi connectivity index (χ2v) is 12.6. The Labute approximate surface area is 273 Å². The largest absolute Gasteiger partial charge is 0.490 e. The average molecular weight is 694 g/mol. The van der Waals surface area contributed by atoms with Gasteiger partial charge in [-0.2, -0.15) is 0 Å². The van der Waals surface area contributed by atoms with Gasteiger partial charge in [0, 0.05) is 5.56 Å². The van der Waals surface area contributed by atoms with E-state index in [-0.39, 0.29) is 24.6 Å². The lowest BCUT2D eigenvalue weighted by Crippen LogP contribution is -2.39. The number of fused-ring (bicyclic) bond motifs is 1. The van der Waals surface area contributed by atoms with E-state index in [9.17, 15) is 14.0 Å². The molecule has 10 heteroatoms. The zero-order valence-corrected chi connectivity index (χ0v) is 28.1. The summed E-state index contributed by atoms with van der Waals surface area (Å²) in [6.45, 7) is 10.2. The minimum absolute atomic E-state index is 0.0175. The Bertz CT molecular complexity index is 1950. The Hall–Kier alpha value is -4.02. The molecule has 2 heterocycles. The molecular formula is C35H34BrFN2O5S. The fourth-order valence-electron chi connectivity index (χ4n) is 5.16. The molecule has 45 heavy (non-hydrogen) atoms. The van der Waals surface area contributed by atoms with Crippen molar-refractivity contribution in [3.05, 3.63) is 124 Å². The molecule has 234 valence electrons. The zero-order chi connectivity index (χ0) is 32.2. The van der Waals surface area contributed by atoms with Crippen LogP contribution in [0.4, 0.5) is 4.39 Å². The summed E-state index contributed by atoms with van der Waals surface area (Å²) in [5.74, 6) is 0.362. The van der Waals surface area contributed by atoms with Gasteiger partial charge >= 0.3 is 5.97 Å². The quantitative estimate of drug-likeness (QED) is 0.171. The minimum atomic E-state index is -0.691. The number of esters is 1. The van der Waals surface area contributed by atoms with Gasteiger partial charge in [-0.3, -0.25) is 9.36 Å². The summed E-state index contributed by atoms with van der Waals surface area (Å²) in [6, 6.07) is 17.3. The number of rotatable bonds is 10. The second kappa shape index (κ2) is 14.0. The van der Waals surface area contributed by atoms with Gasteiger partial charge < -0.3 is 14.2 Å². The molecule has 5 rings (SSSR count). The van der Waals surface area contributed by atoms with Gasteiger partial charge in [-0.1, -0.05) is 67.6 Å². The normalized spacial score (nSPS) is 14.8. The zero-order valence-electron chi connectivity index (χ0n) is 25.7. The number of hydrogen-bond donors (Lipinski definition) is 0. The molecule has 4 aromatic rings. The van der Waals surface area contributed by atoms with Crippen molar-refractivity contribution in [3.63, 3.8) is 0 Å². The van der Waals surface area contributed by atoms with Crippen molar-refractivity contribution in [2.45, 2.75) is 53.2 Å². The van der Waals surface area contributed by atoms with Crippen molar-refractivity contribution < 1.29 is 23.4 Å². The van der Waals surface area contributed by atoms with E-state index in [0.29, 0.717) is 60.2 Å². The smallest absolute Gasteiger partial charge is 0.338 e. The molecule has 0 amide bonds. The highest BCUT2D eigenvalue weighted by Gasteiger charge is 2.33. The summed E-state index contributed by atoms with van der Waals surface area (Å²) in [4.78, 5) is 32.4. The number of halogens is 2. The number of thiazole rings is 1. The molecule has 0 saturated carbocycles. The number of benzene rings is 3. The molecule has 1 atom stereocenters. The van der Waals surface area contributed by atoms with Gasteiger partial charge in [0.05, 0.1) is 39.5 Å². The molecule has 1 aliphatic rings. The van der Waals surface area contributed by atoms with Crippen LogP contribution in [0.3, 0.4) is 0 Å². The third-order valence-electron chi connectivity index (χ3n) is 7.40. The Kier molecular flexibility index (Phi) is 10.0. The lowest BCUT2D eigenvalue weighted by molar-refractivity contribution is -0.139. The highest BCUT2D eigenvalue weighted by Crippen LogP contribution is 2.38. The van der Waals surface area contributed by atoms with Crippen LogP contribution in [-0.2, 0) is 16.1 Å². The summed E-state index contributed by atoms with van der Waals surface area (Å²) < 4.78 is 34.1. The summed E-state index contributed by atoms with van der Waals surface area (Å²) in [7, 11) is 0. The molecule has 3 aromatic carbocycles. The van der Waals surface area contributed by atoms with Crippen LogP contribution in [0.2, 0.25) is 0 Å². The first kappa shape index (κ1) is 32.4. The minimum Gasteiger partial charge on any atom is -0.490 e. The van der Waals surface area contributed by atoms with Crippen LogP contribution in [0, 0.1) is 5.82 Å². The first-order valence-electron chi connectivity index (χ1n) is 14.7. The van der Waals surface area contributed by atoms with Gasteiger partial charge in [-0.05, 0) is 83.6 Å².